The van der Waals surface area contributed by atoms with Crippen molar-refractivity contribution in [1.29, 1.82) is 0 Å². The van der Waals surface area contributed by atoms with Gasteiger partial charge in [-0.3, -0.25) is 4.79 Å². The molecule has 27 heavy (non-hydrogen) atoms. The van der Waals surface area contributed by atoms with Crippen molar-refractivity contribution in [2.24, 2.45) is 0 Å². The van der Waals surface area contributed by atoms with Gasteiger partial charge in [0.25, 0.3) is 0 Å². The van der Waals surface area contributed by atoms with E-state index in [1.54, 1.807) is 0 Å². The minimum atomic E-state index is 0.138. The van der Waals surface area contributed by atoms with Crippen molar-refractivity contribution in [3.05, 3.63) is 54.1 Å². The monoisotopic (exact) mass is 363 g/mol. The molecule has 1 saturated heterocycles. The van der Waals surface area contributed by atoms with Crippen LogP contribution in [0.15, 0.2) is 42.7 Å². The van der Waals surface area contributed by atoms with Crippen LogP contribution in [0, 0.1) is 13.8 Å². The van der Waals surface area contributed by atoms with Gasteiger partial charge in [0.05, 0.1) is 17.4 Å². The van der Waals surface area contributed by atoms with Crippen LogP contribution >= 0.6 is 0 Å². The molecule has 1 aliphatic heterocycles. The first-order chi connectivity index (χ1) is 13.1. The Labute approximate surface area is 159 Å². The van der Waals surface area contributed by atoms with Gasteiger partial charge in [-0.15, -0.1) is 0 Å². The zero-order valence-electron chi connectivity index (χ0n) is 16.1. The molecule has 0 aliphatic carbocycles. The fourth-order valence-corrected chi connectivity index (χ4v) is 3.92. The molecule has 6 heteroatoms. The fourth-order valence-electron chi connectivity index (χ4n) is 3.92. The first kappa shape index (κ1) is 17.5. The molecule has 3 heterocycles. The molecule has 140 valence electrons. The molecule has 1 aliphatic rings. The predicted molar refractivity (Wildman–Crippen MR) is 105 cm³/mol. The Balaban J connectivity index is 1.66. The number of rotatable bonds is 5. The molecule has 0 N–H and O–H groups in total. The number of aryl methyl sites for hydroxylation is 2. The Morgan fingerprint density at radius 1 is 1.22 bits per heavy atom. The van der Waals surface area contributed by atoms with E-state index in [1.807, 2.05) is 35.0 Å². The molecule has 1 amide bonds. The minimum Gasteiger partial charge on any atom is -0.341 e. The van der Waals surface area contributed by atoms with Crippen LogP contribution in [0.5, 0.6) is 0 Å². The third kappa shape index (κ3) is 3.27. The second-order valence-corrected chi connectivity index (χ2v) is 7.25. The van der Waals surface area contributed by atoms with Gasteiger partial charge in [0.1, 0.15) is 5.82 Å². The van der Waals surface area contributed by atoms with E-state index in [0.29, 0.717) is 6.42 Å². The largest absolute Gasteiger partial charge is 0.341 e. The highest BCUT2D eigenvalue weighted by Crippen LogP contribution is 2.29. The molecule has 1 atom stereocenters. The zero-order chi connectivity index (χ0) is 19.0. The van der Waals surface area contributed by atoms with Gasteiger partial charge >= 0.3 is 0 Å². The third-order valence-corrected chi connectivity index (χ3v) is 5.11. The third-order valence-electron chi connectivity index (χ3n) is 5.11. The summed E-state index contributed by atoms with van der Waals surface area (Å²) in [5.74, 6) is 1.13. The maximum absolute atomic E-state index is 12.3. The molecule has 0 saturated carbocycles. The highest BCUT2D eigenvalue weighted by atomic mass is 16.2. The van der Waals surface area contributed by atoms with Gasteiger partial charge in [0.15, 0.2) is 0 Å². The molecule has 0 radical (unpaired) electrons. The standard InChI is InChI=1S/C21H25N5O/c1-4-9-24-14-19(13-20(24)27)25-10-8-22-21(25)17-6-5-7-18(12-17)26-16(3)11-15(2)23-26/h5-8,10-12,19H,4,9,13-14H2,1-3H3. The van der Waals surface area contributed by atoms with Gasteiger partial charge in [-0.2, -0.15) is 5.10 Å². The van der Waals surface area contributed by atoms with Gasteiger partial charge in [-0.25, -0.2) is 9.67 Å². The van der Waals surface area contributed by atoms with Gasteiger partial charge in [0, 0.05) is 43.2 Å². The molecule has 2 aromatic heterocycles. The number of hydrogen-bond acceptors (Lipinski definition) is 3. The quantitative estimate of drug-likeness (QED) is 0.697. The molecule has 1 fully saturated rings. The van der Waals surface area contributed by atoms with E-state index in [-0.39, 0.29) is 11.9 Å². The lowest BCUT2D eigenvalue weighted by Crippen LogP contribution is -2.26. The summed E-state index contributed by atoms with van der Waals surface area (Å²) in [7, 11) is 0. The molecule has 1 aromatic carbocycles. The Hall–Kier alpha value is -2.89. The number of benzene rings is 1. The molecule has 1 unspecified atom stereocenters. The summed E-state index contributed by atoms with van der Waals surface area (Å²) in [6.07, 6.45) is 5.33. The fraction of sp³-hybridized carbons (Fsp3) is 0.381. The lowest BCUT2D eigenvalue weighted by atomic mass is 10.1. The Kier molecular flexibility index (Phi) is 4.56. The number of likely N-dealkylation sites (tertiary alicyclic amines) is 1. The smallest absolute Gasteiger partial charge is 0.224 e. The van der Waals surface area contributed by atoms with E-state index in [9.17, 15) is 4.79 Å². The van der Waals surface area contributed by atoms with Gasteiger partial charge in [-0.05, 0) is 38.5 Å². The second-order valence-electron chi connectivity index (χ2n) is 7.25. The van der Waals surface area contributed by atoms with E-state index in [2.05, 4.69) is 52.8 Å². The summed E-state index contributed by atoms with van der Waals surface area (Å²) in [5, 5.41) is 4.58. The van der Waals surface area contributed by atoms with Crippen LogP contribution in [-0.2, 0) is 4.79 Å². The predicted octanol–water partition coefficient (Wildman–Crippen LogP) is 3.54. The molecular formula is C21H25N5O. The second kappa shape index (κ2) is 7.02. The van der Waals surface area contributed by atoms with Crippen molar-refractivity contribution >= 4 is 5.91 Å². The highest BCUT2D eigenvalue weighted by molar-refractivity contribution is 5.79. The van der Waals surface area contributed by atoms with Crippen LogP contribution in [-0.4, -0.2) is 43.2 Å². The number of aromatic nitrogens is 4. The number of imidazole rings is 1. The van der Waals surface area contributed by atoms with Crippen molar-refractivity contribution < 1.29 is 4.79 Å². The number of carbonyl (C=O) groups is 1. The Bertz CT molecular complexity index is 971. The Morgan fingerprint density at radius 3 is 2.81 bits per heavy atom. The highest BCUT2D eigenvalue weighted by Gasteiger charge is 2.31. The topological polar surface area (TPSA) is 56.0 Å². The number of nitrogens with zero attached hydrogens (tertiary/aromatic N) is 5. The van der Waals surface area contributed by atoms with Gasteiger partial charge < -0.3 is 9.47 Å². The molecule has 0 spiro atoms. The number of carbonyl (C=O) groups excluding carboxylic acids is 1. The average Bonchev–Trinajstić information content (AvgIpc) is 3.35. The molecule has 3 aromatic rings. The first-order valence-corrected chi connectivity index (χ1v) is 9.51. The van der Waals surface area contributed by atoms with Crippen LogP contribution in [0.2, 0.25) is 0 Å². The summed E-state index contributed by atoms with van der Waals surface area (Å²) in [6, 6.07) is 10.5. The first-order valence-electron chi connectivity index (χ1n) is 9.51. The minimum absolute atomic E-state index is 0.138. The van der Waals surface area contributed by atoms with Crippen molar-refractivity contribution in [2.75, 3.05) is 13.1 Å². The Morgan fingerprint density at radius 2 is 2.07 bits per heavy atom. The van der Waals surface area contributed by atoms with Gasteiger partial charge in [0.2, 0.25) is 5.91 Å². The van der Waals surface area contributed by atoms with E-state index in [4.69, 9.17) is 0 Å². The summed E-state index contributed by atoms with van der Waals surface area (Å²) in [6.45, 7) is 7.74. The van der Waals surface area contributed by atoms with Crippen molar-refractivity contribution in [2.45, 2.75) is 39.7 Å². The molecule has 6 nitrogen and oxygen atoms in total. The van der Waals surface area contributed by atoms with Crippen LogP contribution in [0.1, 0.15) is 37.2 Å². The maximum atomic E-state index is 12.3. The molecule has 0 bridgehead atoms. The van der Waals surface area contributed by atoms with E-state index in [1.165, 1.54) is 0 Å². The van der Waals surface area contributed by atoms with E-state index < -0.39 is 0 Å². The van der Waals surface area contributed by atoms with Crippen LogP contribution in [0.25, 0.3) is 17.1 Å². The van der Waals surface area contributed by atoms with Crippen LogP contribution in [0.4, 0.5) is 0 Å². The van der Waals surface area contributed by atoms with Crippen LogP contribution in [0.3, 0.4) is 0 Å². The number of hydrogen-bond donors (Lipinski definition) is 0. The van der Waals surface area contributed by atoms with Crippen LogP contribution < -0.4 is 0 Å². The average molecular weight is 363 g/mol. The summed E-state index contributed by atoms with van der Waals surface area (Å²) < 4.78 is 4.10. The summed E-state index contributed by atoms with van der Waals surface area (Å²) >= 11 is 0. The van der Waals surface area contributed by atoms with Gasteiger partial charge in [-0.1, -0.05) is 19.1 Å². The molecule has 4 rings (SSSR count). The summed E-state index contributed by atoms with van der Waals surface area (Å²) in [4.78, 5) is 18.8. The van der Waals surface area contributed by atoms with Crippen molar-refractivity contribution in [1.82, 2.24) is 24.2 Å². The summed E-state index contributed by atoms with van der Waals surface area (Å²) in [5.41, 5.74) is 4.15. The van der Waals surface area contributed by atoms with Crippen molar-refractivity contribution in [3.8, 4) is 17.1 Å². The molecular weight excluding hydrogens is 338 g/mol. The lowest BCUT2D eigenvalue weighted by Gasteiger charge is -2.17. The zero-order valence-corrected chi connectivity index (χ0v) is 16.1. The SMILES string of the molecule is CCCN1CC(n2ccnc2-c2cccc(-n3nc(C)cc3C)c2)CC1=O. The maximum Gasteiger partial charge on any atom is 0.224 e. The lowest BCUT2D eigenvalue weighted by molar-refractivity contribution is -0.127. The van der Waals surface area contributed by atoms with E-state index >= 15 is 0 Å². The van der Waals surface area contributed by atoms with Crippen molar-refractivity contribution in [3.63, 3.8) is 0 Å². The normalized spacial score (nSPS) is 17.1. The number of amides is 1. The van der Waals surface area contributed by atoms with E-state index in [0.717, 1.165) is 48.0 Å².